The van der Waals surface area contributed by atoms with Crippen LogP contribution in [0.2, 0.25) is 0 Å². The maximum Gasteiger partial charge on any atom is 0.123 e. The van der Waals surface area contributed by atoms with E-state index < -0.39 is 0 Å². The summed E-state index contributed by atoms with van der Waals surface area (Å²) in [5.74, 6) is 1.46. The van der Waals surface area contributed by atoms with Gasteiger partial charge in [0.15, 0.2) is 0 Å². The third-order valence-corrected chi connectivity index (χ3v) is 6.25. The first-order chi connectivity index (χ1) is 12.9. The Labute approximate surface area is 164 Å². The van der Waals surface area contributed by atoms with E-state index >= 15 is 0 Å². The number of nitrogens with zero attached hydrogens (tertiary/aromatic N) is 2. The zero-order chi connectivity index (χ0) is 19.3. The van der Waals surface area contributed by atoms with Crippen molar-refractivity contribution in [3.63, 3.8) is 0 Å². The van der Waals surface area contributed by atoms with Crippen molar-refractivity contribution in [2.75, 3.05) is 46.4 Å². The van der Waals surface area contributed by atoms with Crippen molar-refractivity contribution < 1.29 is 9.13 Å². The monoisotopic (exact) mass is 376 g/mol. The van der Waals surface area contributed by atoms with Gasteiger partial charge in [0.2, 0.25) is 0 Å². The summed E-state index contributed by atoms with van der Waals surface area (Å²) in [4.78, 5) is 5.10. The number of hydrogen-bond donors (Lipinski definition) is 0. The molecule has 0 amide bonds. The molecule has 27 heavy (non-hydrogen) atoms. The van der Waals surface area contributed by atoms with Gasteiger partial charge in [-0.3, -0.25) is 0 Å². The highest BCUT2D eigenvalue weighted by Crippen LogP contribution is 2.29. The lowest BCUT2D eigenvalue weighted by atomic mass is 9.87. The lowest BCUT2D eigenvalue weighted by Crippen LogP contribution is -2.42. The van der Waals surface area contributed by atoms with Crippen LogP contribution >= 0.6 is 0 Å². The van der Waals surface area contributed by atoms with E-state index in [4.69, 9.17) is 4.74 Å². The Bertz CT molecular complexity index is 583. The fraction of sp³-hybridized carbons (Fsp3) is 0.739. The molecule has 152 valence electrons. The minimum Gasteiger partial charge on any atom is -0.376 e. The van der Waals surface area contributed by atoms with Crippen LogP contribution < -0.4 is 0 Å². The molecule has 0 N–H and O–H groups in total. The predicted octanol–water partition coefficient (Wildman–Crippen LogP) is 4.22. The van der Waals surface area contributed by atoms with Gasteiger partial charge >= 0.3 is 0 Å². The van der Waals surface area contributed by atoms with Crippen molar-refractivity contribution in [2.24, 2.45) is 11.8 Å². The van der Waals surface area contributed by atoms with Crippen molar-refractivity contribution in [3.05, 3.63) is 35.6 Å². The van der Waals surface area contributed by atoms with Crippen LogP contribution in [-0.4, -0.2) is 61.8 Å². The second-order valence-electron chi connectivity index (χ2n) is 9.35. The molecule has 2 fully saturated rings. The van der Waals surface area contributed by atoms with E-state index in [0.29, 0.717) is 0 Å². The van der Waals surface area contributed by atoms with E-state index in [0.717, 1.165) is 37.0 Å². The van der Waals surface area contributed by atoms with Gasteiger partial charge in [-0.2, -0.15) is 0 Å². The second kappa shape index (κ2) is 9.49. The minimum atomic E-state index is -0.123. The number of benzene rings is 1. The molecule has 2 aliphatic rings. The smallest absolute Gasteiger partial charge is 0.123 e. The molecule has 3 rings (SSSR count). The zero-order valence-electron chi connectivity index (χ0n) is 17.4. The Morgan fingerprint density at radius 1 is 1.15 bits per heavy atom. The van der Waals surface area contributed by atoms with Gasteiger partial charge in [-0.15, -0.1) is 0 Å². The normalized spacial score (nSPS) is 24.4. The van der Waals surface area contributed by atoms with Gasteiger partial charge in [0, 0.05) is 26.2 Å². The average Bonchev–Trinajstić information content (AvgIpc) is 2.60. The molecule has 0 bridgehead atoms. The van der Waals surface area contributed by atoms with Crippen molar-refractivity contribution >= 4 is 0 Å². The third kappa shape index (κ3) is 6.85. The molecule has 0 aliphatic carbocycles. The number of likely N-dealkylation sites (tertiary alicyclic amines) is 1. The maximum absolute atomic E-state index is 13.3. The highest BCUT2D eigenvalue weighted by atomic mass is 19.1. The quantitative estimate of drug-likeness (QED) is 0.709. The molecule has 0 saturated carbocycles. The van der Waals surface area contributed by atoms with Gasteiger partial charge in [0.1, 0.15) is 5.82 Å². The van der Waals surface area contributed by atoms with Crippen molar-refractivity contribution in [1.82, 2.24) is 9.80 Å². The first-order valence-electron chi connectivity index (χ1n) is 10.7. The molecule has 0 spiro atoms. The Balaban J connectivity index is 1.34. The molecule has 1 aromatic carbocycles. The van der Waals surface area contributed by atoms with Gasteiger partial charge in [0.25, 0.3) is 0 Å². The van der Waals surface area contributed by atoms with E-state index in [1.807, 2.05) is 12.1 Å². The Kier molecular flexibility index (Phi) is 7.29. The highest BCUT2D eigenvalue weighted by molar-refractivity contribution is 5.16. The van der Waals surface area contributed by atoms with Crippen LogP contribution in [-0.2, 0) is 11.2 Å². The number of ether oxygens (including phenoxy) is 1. The summed E-state index contributed by atoms with van der Waals surface area (Å²) in [6.07, 6.45) is 5.89. The fourth-order valence-corrected chi connectivity index (χ4v) is 4.84. The van der Waals surface area contributed by atoms with Gasteiger partial charge in [-0.05, 0) is 95.6 Å². The number of piperidine rings is 1. The molecule has 2 saturated heterocycles. The van der Waals surface area contributed by atoms with Crippen LogP contribution in [0.5, 0.6) is 0 Å². The van der Waals surface area contributed by atoms with E-state index in [2.05, 4.69) is 30.7 Å². The molecular formula is C23H37FN2O. The second-order valence-corrected chi connectivity index (χ2v) is 9.35. The van der Waals surface area contributed by atoms with Gasteiger partial charge in [0.05, 0.1) is 5.60 Å². The molecular weight excluding hydrogens is 339 g/mol. The van der Waals surface area contributed by atoms with E-state index in [-0.39, 0.29) is 11.4 Å². The van der Waals surface area contributed by atoms with Gasteiger partial charge < -0.3 is 14.5 Å². The third-order valence-electron chi connectivity index (χ3n) is 6.25. The molecule has 0 radical (unpaired) electrons. The average molecular weight is 377 g/mol. The van der Waals surface area contributed by atoms with E-state index in [1.54, 1.807) is 6.07 Å². The zero-order valence-corrected chi connectivity index (χ0v) is 17.4. The standard InChI is InChI=1S/C23H37FN2O/c1-23(2)16-21(10-14-27-23)18-25(3)17-20-8-12-26(13-9-20)11-7-19-5-4-6-22(24)15-19/h4-6,15,20-21H,7-14,16-18H2,1-3H3. The summed E-state index contributed by atoms with van der Waals surface area (Å²) in [6.45, 7) is 11.2. The number of hydrogen-bond acceptors (Lipinski definition) is 3. The van der Waals surface area contributed by atoms with Crippen LogP contribution in [0.3, 0.4) is 0 Å². The molecule has 1 atom stereocenters. The molecule has 0 aromatic heterocycles. The Hall–Kier alpha value is -0.970. The van der Waals surface area contributed by atoms with Crippen LogP contribution in [0, 0.1) is 17.7 Å². The largest absolute Gasteiger partial charge is 0.376 e. The first kappa shape index (κ1) is 20.8. The number of rotatable bonds is 7. The summed E-state index contributed by atoms with van der Waals surface area (Å²) in [7, 11) is 2.29. The van der Waals surface area contributed by atoms with E-state index in [1.165, 1.54) is 57.9 Å². The van der Waals surface area contributed by atoms with E-state index in [9.17, 15) is 4.39 Å². The van der Waals surface area contributed by atoms with Crippen LogP contribution in [0.4, 0.5) is 4.39 Å². The summed E-state index contributed by atoms with van der Waals surface area (Å²) < 4.78 is 19.1. The summed E-state index contributed by atoms with van der Waals surface area (Å²) >= 11 is 0. The molecule has 1 unspecified atom stereocenters. The minimum absolute atomic E-state index is 0.0523. The summed E-state index contributed by atoms with van der Waals surface area (Å²) in [5, 5.41) is 0. The number of halogens is 1. The lowest BCUT2D eigenvalue weighted by Gasteiger charge is -2.38. The molecule has 3 nitrogen and oxygen atoms in total. The molecule has 1 aromatic rings. The van der Waals surface area contributed by atoms with Crippen LogP contribution in [0.1, 0.15) is 45.1 Å². The van der Waals surface area contributed by atoms with Crippen molar-refractivity contribution in [2.45, 2.75) is 51.6 Å². The molecule has 4 heteroatoms. The van der Waals surface area contributed by atoms with Crippen LogP contribution in [0.15, 0.2) is 24.3 Å². The fourth-order valence-electron chi connectivity index (χ4n) is 4.84. The van der Waals surface area contributed by atoms with Crippen LogP contribution in [0.25, 0.3) is 0 Å². The van der Waals surface area contributed by atoms with Gasteiger partial charge in [-0.25, -0.2) is 4.39 Å². The lowest BCUT2D eigenvalue weighted by molar-refractivity contribution is -0.0764. The summed E-state index contributed by atoms with van der Waals surface area (Å²) in [5.41, 5.74) is 1.16. The highest BCUT2D eigenvalue weighted by Gasteiger charge is 2.30. The van der Waals surface area contributed by atoms with Crippen molar-refractivity contribution in [3.8, 4) is 0 Å². The first-order valence-corrected chi connectivity index (χ1v) is 10.7. The molecule has 2 aliphatic heterocycles. The van der Waals surface area contributed by atoms with Gasteiger partial charge in [-0.1, -0.05) is 12.1 Å². The molecule has 2 heterocycles. The Morgan fingerprint density at radius 3 is 2.59 bits per heavy atom. The maximum atomic E-state index is 13.3. The van der Waals surface area contributed by atoms with Crippen molar-refractivity contribution in [1.29, 1.82) is 0 Å². The summed E-state index contributed by atoms with van der Waals surface area (Å²) in [6, 6.07) is 7.03. The SMILES string of the molecule is CN(CC1CCN(CCc2cccc(F)c2)CC1)CC1CCOC(C)(C)C1. The topological polar surface area (TPSA) is 15.7 Å². The Morgan fingerprint density at radius 2 is 1.89 bits per heavy atom. The predicted molar refractivity (Wildman–Crippen MR) is 110 cm³/mol.